The van der Waals surface area contributed by atoms with E-state index in [9.17, 15) is 18.0 Å². The Kier molecular flexibility index (Phi) is 5.87. The van der Waals surface area contributed by atoms with Gasteiger partial charge >= 0.3 is 0 Å². The summed E-state index contributed by atoms with van der Waals surface area (Å²) < 4.78 is 40.5. The maximum Gasteiger partial charge on any atom is 0.254 e. The summed E-state index contributed by atoms with van der Waals surface area (Å²) in [6.07, 6.45) is -0.0803. The van der Waals surface area contributed by atoms with Crippen molar-refractivity contribution in [3.63, 3.8) is 0 Å². The van der Waals surface area contributed by atoms with Gasteiger partial charge in [-0.25, -0.2) is 18.2 Å². The van der Waals surface area contributed by atoms with Crippen LogP contribution in [0.15, 0.2) is 30.6 Å². The molecule has 2 heterocycles. The van der Waals surface area contributed by atoms with Gasteiger partial charge < -0.3 is 26.7 Å². The van der Waals surface area contributed by atoms with E-state index in [1.54, 1.807) is 23.9 Å². The van der Waals surface area contributed by atoms with Gasteiger partial charge in [0.2, 0.25) is 12.4 Å². The molecule has 11 heteroatoms. The van der Waals surface area contributed by atoms with E-state index >= 15 is 0 Å². The first kappa shape index (κ1) is 20.4. The molecule has 2 aromatic heterocycles. The lowest BCUT2D eigenvalue weighted by atomic mass is 10.2. The molecule has 1 unspecified atom stereocenters. The summed E-state index contributed by atoms with van der Waals surface area (Å²) >= 11 is 0. The Morgan fingerprint density at radius 1 is 1.31 bits per heavy atom. The Hall–Kier alpha value is -3.34. The van der Waals surface area contributed by atoms with Gasteiger partial charge in [0.25, 0.3) is 5.91 Å². The van der Waals surface area contributed by atoms with Crippen molar-refractivity contribution < 1.29 is 18.0 Å². The monoisotopic (exact) mass is 407 g/mol. The summed E-state index contributed by atoms with van der Waals surface area (Å²) in [5.41, 5.74) is 11.9. The smallest absolute Gasteiger partial charge is 0.254 e. The second-order valence-electron chi connectivity index (χ2n) is 6.50. The first-order valence-corrected chi connectivity index (χ1v) is 8.71. The molecule has 0 fully saturated rings. The molecule has 1 atom stereocenters. The molecule has 154 valence electrons. The molecule has 3 aromatic rings. The number of hydrogen-bond acceptors (Lipinski definition) is 6. The maximum atomic E-state index is 14.1. The Morgan fingerprint density at radius 3 is 2.76 bits per heavy atom. The van der Waals surface area contributed by atoms with Crippen molar-refractivity contribution in [3.8, 4) is 0 Å². The summed E-state index contributed by atoms with van der Waals surface area (Å²) in [5.74, 6) is -0.992. The summed E-state index contributed by atoms with van der Waals surface area (Å²) in [7, 11) is 1.71. The van der Waals surface area contributed by atoms with Crippen molar-refractivity contribution in [1.82, 2.24) is 14.5 Å². The number of halogens is 3. The van der Waals surface area contributed by atoms with Crippen molar-refractivity contribution in [2.45, 2.75) is 18.9 Å². The van der Waals surface area contributed by atoms with Crippen molar-refractivity contribution in [2.24, 2.45) is 18.5 Å². The van der Waals surface area contributed by atoms with Gasteiger partial charge in [-0.2, -0.15) is 4.98 Å². The number of nitrogens with zero attached hydrogens (tertiary/aromatic N) is 3. The number of fused-ring (bicyclic) bond motifs is 1. The molecule has 0 saturated carbocycles. The number of nitrogens with one attached hydrogen (secondary N) is 2. The highest BCUT2D eigenvalue weighted by atomic mass is 19.3. The van der Waals surface area contributed by atoms with Gasteiger partial charge in [0, 0.05) is 49.5 Å². The van der Waals surface area contributed by atoms with Gasteiger partial charge in [0.15, 0.2) is 0 Å². The minimum Gasteiger partial charge on any atom is -0.365 e. The molecule has 29 heavy (non-hydrogen) atoms. The molecule has 8 nitrogen and oxygen atoms in total. The second-order valence-corrected chi connectivity index (χ2v) is 6.50. The highest BCUT2D eigenvalue weighted by Crippen LogP contribution is 2.29. The molecule has 0 aliphatic rings. The first-order chi connectivity index (χ1) is 13.8. The summed E-state index contributed by atoms with van der Waals surface area (Å²) in [4.78, 5) is 19.9. The number of nitrogens with two attached hydrogens (primary N) is 2. The Bertz CT molecular complexity index is 1040. The van der Waals surface area contributed by atoms with Gasteiger partial charge in [-0.05, 0) is 18.2 Å². The van der Waals surface area contributed by atoms with Gasteiger partial charge in [-0.15, -0.1) is 0 Å². The van der Waals surface area contributed by atoms with Crippen molar-refractivity contribution in [1.29, 1.82) is 0 Å². The second kappa shape index (κ2) is 8.35. The number of carbonyl (C=O) groups is 1. The minimum absolute atomic E-state index is 0.0131. The van der Waals surface area contributed by atoms with Crippen LogP contribution < -0.4 is 22.1 Å². The Labute approximate surface area is 164 Å². The van der Waals surface area contributed by atoms with E-state index in [1.165, 1.54) is 18.3 Å². The van der Waals surface area contributed by atoms with Gasteiger partial charge in [-0.1, -0.05) is 0 Å². The molecule has 0 spiro atoms. The van der Waals surface area contributed by atoms with E-state index < -0.39 is 30.6 Å². The third-order valence-corrected chi connectivity index (χ3v) is 4.30. The van der Waals surface area contributed by atoms with Crippen LogP contribution in [0.4, 0.5) is 30.6 Å². The van der Waals surface area contributed by atoms with Crippen LogP contribution in [0.3, 0.4) is 0 Å². The molecule has 0 saturated heterocycles. The van der Waals surface area contributed by atoms with Crippen molar-refractivity contribution in [3.05, 3.63) is 42.0 Å². The van der Waals surface area contributed by atoms with Crippen LogP contribution in [0, 0.1) is 5.82 Å². The molecular weight excluding hydrogens is 387 g/mol. The molecule has 1 aromatic carbocycles. The summed E-state index contributed by atoms with van der Waals surface area (Å²) in [6.45, 7) is 0.0131. The molecule has 0 aliphatic carbocycles. The molecule has 1 amide bonds. The molecule has 0 bridgehead atoms. The van der Waals surface area contributed by atoms with E-state index in [2.05, 4.69) is 20.6 Å². The number of amides is 1. The van der Waals surface area contributed by atoms with E-state index in [0.717, 1.165) is 0 Å². The normalized spacial score (nSPS) is 12.3. The number of rotatable bonds is 8. The van der Waals surface area contributed by atoms with E-state index in [4.69, 9.17) is 11.5 Å². The number of carbonyl (C=O) groups excluding carboxylic acids is 1. The van der Waals surface area contributed by atoms with Crippen LogP contribution in [0.25, 0.3) is 10.9 Å². The van der Waals surface area contributed by atoms with Crippen molar-refractivity contribution in [2.75, 3.05) is 17.2 Å². The number of alkyl halides is 2. The first-order valence-electron chi connectivity index (χ1n) is 8.71. The predicted octanol–water partition coefficient (Wildman–Crippen LogP) is 2.34. The Morgan fingerprint density at radius 2 is 2.07 bits per heavy atom. The molecular formula is C18H20F3N7O. The van der Waals surface area contributed by atoms with E-state index in [-0.39, 0.29) is 23.9 Å². The van der Waals surface area contributed by atoms with E-state index in [0.29, 0.717) is 16.6 Å². The average Bonchev–Trinajstić information content (AvgIpc) is 3.04. The highest BCUT2D eigenvalue weighted by molar-refractivity contribution is 6.00. The largest absolute Gasteiger partial charge is 0.365 e. The lowest BCUT2D eigenvalue weighted by molar-refractivity contribution is 0.100. The number of aryl methyl sites for hydroxylation is 1. The number of benzene rings is 1. The van der Waals surface area contributed by atoms with Crippen LogP contribution in [0.5, 0.6) is 0 Å². The molecule has 0 radical (unpaired) electrons. The van der Waals surface area contributed by atoms with Gasteiger partial charge in [0.05, 0.1) is 5.52 Å². The third kappa shape index (κ3) is 4.57. The highest BCUT2D eigenvalue weighted by Gasteiger charge is 2.16. The molecule has 3 rings (SSSR count). The minimum atomic E-state index is -2.52. The van der Waals surface area contributed by atoms with E-state index in [1.807, 2.05) is 0 Å². The maximum absolute atomic E-state index is 14.1. The lowest BCUT2D eigenvalue weighted by Gasteiger charge is -2.15. The predicted molar refractivity (Wildman–Crippen MR) is 104 cm³/mol. The number of aromatic nitrogens is 3. The fourth-order valence-electron chi connectivity index (χ4n) is 2.88. The standard InChI is InChI=1S/C18H20F3N7O/c1-28-5-4-10-13(3-2-12(19)15(10)28)26-17-11(16(23)29)8-25-18(27-17)24-7-9(22)6-14(20)21/h2-5,8-9,14H,6-7,22H2,1H3,(H2,23,29)(H2,24,25,26,27). The number of anilines is 3. The fourth-order valence-corrected chi connectivity index (χ4v) is 2.88. The van der Waals surface area contributed by atoms with Crippen LogP contribution in [0.2, 0.25) is 0 Å². The Balaban J connectivity index is 1.90. The summed E-state index contributed by atoms with van der Waals surface area (Å²) in [6, 6.07) is 3.72. The lowest BCUT2D eigenvalue weighted by Crippen LogP contribution is -2.31. The zero-order chi connectivity index (χ0) is 21.1. The van der Waals surface area contributed by atoms with Crippen LogP contribution in [0.1, 0.15) is 16.8 Å². The third-order valence-electron chi connectivity index (χ3n) is 4.30. The fraction of sp³-hybridized carbons (Fsp3) is 0.278. The van der Waals surface area contributed by atoms with Crippen LogP contribution >= 0.6 is 0 Å². The van der Waals surface area contributed by atoms with Crippen LogP contribution in [-0.4, -0.2) is 39.5 Å². The zero-order valence-corrected chi connectivity index (χ0v) is 15.5. The van der Waals surface area contributed by atoms with Crippen molar-refractivity contribution >= 4 is 34.3 Å². The molecule has 0 aliphatic heterocycles. The average molecular weight is 407 g/mol. The SMILES string of the molecule is Cn1ccc2c(Nc3nc(NCC(N)CC(F)F)ncc3C(N)=O)ccc(F)c21. The zero-order valence-electron chi connectivity index (χ0n) is 15.5. The topological polar surface area (TPSA) is 124 Å². The molecule has 6 N–H and O–H groups in total. The van der Waals surface area contributed by atoms with Gasteiger partial charge in [0.1, 0.15) is 17.2 Å². The quantitative estimate of drug-likeness (QED) is 0.454. The summed E-state index contributed by atoms with van der Waals surface area (Å²) in [5, 5.41) is 6.31. The number of hydrogen-bond donors (Lipinski definition) is 4. The van der Waals surface area contributed by atoms with Crippen LogP contribution in [-0.2, 0) is 7.05 Å². The van der Waals surface area contributed by atoms with Gasteiger partial charge in [-0.3, -0.25) is 4.79 Å². The number of primary amides is 1.